The van der Waals surface area contributed by atoms with E-state index in [0.29, 0.717) is 16.2 Å². The van der Waals surface area contributed by atoms with E-state index in [1.807, 2.05) is 0 Å². The van der Waals surface area contributed by atoms with Crippen LogP contribution < -0.4 is 0 Å². The summed E-state index contributed by atoms with van der Waals surface area (Å²) in [7, 11) is 0. The van der Waals surface area contributed by atoms with E-state index in [2.05, 4.69) is 41.5 Å². The molecule has 0 heterocycles. The molecule has 0 aromatic rings. The van der Waals surface area contributed by atoms with Crippen LogP contribution >= 0.6 is 0 Å². The molecule has 0 radical (unpaired) electrons. The van der Waals surface area contributed by atoms with Gasteiger partial charge in [0.25, 0.3) is 0 Å². The Hall–Kier alpha value is 0. The van der Waals surface area contributed by atoms with Crippen molar-refractivity contribution in [1.29, 1.82) is 0 Å². The largest absolute Gasteiger partial charge is 0.0649 e. The highest BCUT2D eigenvalue weighted by Gasteiger charge is 2.78. The third-order valence-electron chi connectivity index (χ3n) is 5.56. The van der Waals surface area contributed by atoms with E-state index in [-0.39, 0.29) is 0 Å². The van der Waals surface area contributed by atoms with Gasteiger partial charge in [-0.25, -0.2) is 0 Å². The van der Waals surface area contributed by atoms with Gasteiger partial charge >= 0.3 is 0 Å². The normalized spacial score (nSPS) is 40.7. The first kappa shape index (κ1) is 10.5. The van der Waals surface area contributed by atoms with Gasteiger partial charge in [-0.3, -0.25) is 0 Å². The van der Waals surface area contributed by atoms with Crippen molar-refractivity contribution >= 4 is 0 Å². The second kappa shape index (κ2) is 2.57. The van der Waals surface area contributed by atoms with Gasteiger partial charge in [0, 0.05) is 0 Å². The summed E-state index contributed by atoms with van der Waals surface area (Å²) >= 11 is 0. The molecule has 82 valence electrons. The molecule has 0 aromatic carbocycles. The maximum absolute atomic E-state index is 2.53. The Kier molecular flexibility index (Phi) is 1.93. The van der Waals surface area contributed by atoms with Crippen molar-refractivity contribution in [1.82, 2.24) is 0 Å². The first-order valence-corrected chi connectivity index (χ1v) is 6.24. The van der Waals surface area contributed by atoms with E-state index in [1.54, 1.807) is 0 Å². The van der Waals surface area contributed by atoms with Crippen LogP contribution in [0.5, 0.6) is 0 Å². The minimum atomic E-state index is 0.529. The number of hydrogen-bond acceptors (Lipinski definition) is 0. The molecule has 2 aliphatic rings. The van der Waals surface area contributed by atoms with E-state index >= 15 is 0 Å². The van der Waals surface area contributed by atoms with E-state index in [4.69, 9.17) is 0 Å². The van der Waals surface area contributed by atoms with Gasteiger partial charge in [0.1, 0.15) is 0 Å². The lowest BCUT2D eigenvalue weighted by molar-refractivity contribution is 0.0731. The molecular formula is C14H26. The monoisotopic (exact) mass is 194 g/mol. The molecule has 0 amide bonds. The molecule has 0 saturated heterocycles. The van der Waals surface area contributed by atoms with Crippen LogP contribution in [-0.2, 0) is 0 Å². The van der Waals surface area contributed by atoms with Gasteiger partial charge in [0.2, 0.25) is 0 Å². The lowest BCUT2D eigenvalue weighted by Gasteiger charge is -2.42. The van der Waals surface area contributed by atoms with Crippen molar-refractivity contribution in [3.05, 3.63) is 0 Å². The van der Waals surface area contributed by atoms with Gasteiger partial charge in [-0.15, -0.1) is 0 Å². The third-order valence-corrected chi connectivity index (χ3v) is 5.56. The topological polar surface area (TPSA) is 0 Å². The zero-order chi connectivity index (χ0) is 10.8. The van der Waals surface area contributed by atoms with Crippen LogP contribution in [0.2, 0.25) is 0 Å². The maximum atomic E-state index is 2.53. The predicted molar refractivity (Wildman–Crippen MR) is 62.2 cm³/mol. The fourth-order valence-electron chi connectivity index (χ4n) is 3.74. The number of hydrogen-bond donors (Lipinski definition) is 0. The summed E-state index contributed by atoms with van der Waals surface area (Å²) in [4.78, 5) is 0. The molecule has 0 bridgehead atoms. The number of rotatable bonds is 4. The third kappa shape index (κ3) is 1.26. The SMILES string of the molecule is CCC(C)(C)CC(C)(C)C1(C)C2CC21. The summed E-state index contributed by atoms with van der Waals surface area (Å²) < 4.78 is 0. The predicted octanol–water partition coefficient (Wildman–Crippen LogP) is 4.49. The Morgan fingerprint density at radius 1 is 1.14 bits per heavy atom. The Labute approximate surface area is 89.5 Å². The first-order valence-electron chi connectivity index (χ1n) is 6.24. The molecule has 2 aliphatic carbocycles. The maximum Gasteiger partial charge on any atom is -0.0212 e. The summed E-state index contributed by atoms with van der Waals surface area (Å²) in [5, 5.41) is 0. The molecular weight excluding hydrogens is 168 g/mol. The van der Waals surface area contributed by atoms with Crippen LogP contribution in [0.3, 0.4) is 0 Å². The highest BCUT2D eigenvalue weighted by atomic mass is 14.8. The summed E-state index contributed by atoms with van der Waals surface area (Å²) in [6.45, 7) is 14.7. The fourth-order valence-corrected chi connectivity index (χ4v) is 3.74. The van der Waals surface area contributed by atoms with Crippen LogP contribution in [0.25, 0.3) is 0 Å². The summed E-state index contributed by atoms with van der Waals surface area (Å²) in [6, 6.07) is 0. The minimum Gasteiger partial charge on any atom is -0.0649 e. The quantitative estimate of drug-likeness (QED) is 0.618. The lowest BCUT2D eigenvalue weighted by Crippen LogP contribution is -2.33. The molecule has 0 N–H and O–H groups in total. The van der Waals surface area contributed by atoms with Crippen molar-refractivity contribution < 1.29 is 0 Å². The number of fused-ring (bicyclic) bond motifs is 1. The van der Waals surface area contributed by atoms with Crippen LogP contribution in [0.4, 0.5) is 0 Å². The van der Waals surface area contributed by atoms with E-state index in [9.17, 15) is 0 Å². The minimum absolute atomic E-state index is 0.529. The van der Waals surface area contributed by atoms with Gasteiger partial charge in [-0.2, -0.15) is 0 Å². The van der Waals surface area contributed by atoms with Crippen molar-refractivity contribution in [2.24, 2.45) is 28.1 Å². The van der Waals surface area contributed by atoms with Crippen LogP contribution in [0, 0.1) is 28.1 Å². The Balaban J connectivity index is 2.03. The van der Waals surface area contributed by atoms with E-state index < -0.39 is 0 Å². The zero-order valence-electron chi connectivity index (χ0n) is 10.8. The van der Waals surface area contributed by atoms with Crippen LogP contribution in [0.1, 0.15) is 60.8 Å². The summed E-state index contributed by atoms with van der Waals surface area (Å²) in [5.74, 6) is 2.20. The average Bonchev–Trinajstić information content (AvgIpc) is 2.88. The second-order valence-corrected chi connectivity index (χ2v) is 7.31. The van der Waals surface area contributed by atoms with Crippen molar-refractivity contribution in [3.8, 4) is 0 Å². The zero-order valence-corrected chi connectivity index (χ0v) is 10.8. The van der Waals surface area contributed by atoms with E-state index in [1.165, 1.54) is 19.3 Å². The van der Waals surface area contributed by atoms with Crippen molar-refractivity contribution in [3.63, 3.8) is 0 Å². The molecule has 0 heteroatoms. The van der Waals surface area contributed by atoms with Crippen molar-refractivity contribution in [2.45, 2.75) is 60.8 Å². The van der Waals surface area contributed by atoms with Crippen LogP contribution in [-0.4, -0.2) is 0 Å². The Morgan fingerprint density at radius 2 is 1.64 bits per heavy atom. The smallest absolute Gasteiger partial charge is 0.0212 e. The van der Waals surface area contributed by atoms with Gasteiger partial charge < -0.3 is 0 Å². The van der Waals surface area contributed by atoms with Gasteiger partial charge in [0.15, 0.2) is 0 Å². The molecule has 2 unspecified atom stereocenters. The van der Waals surface area contributed by atoms with E-state index in [0.717, 1.165) is 11.8 Å². The Bertz CT molecular complexity index is 239. The first-order chi connectivity index (χ1) is 6.24. The molecule has 0 aromatic heterocycles. The average molecular weight is 194 g/mol. The van der Waals surface area contributed by atoms with Crippen molar-refractivity contribution in [2.75, 3.05) is 0 Å². The molecule has 2 atom stereocenters. The summed E-state index contributed by atoms with van der Waals surface area (Å²) in [6.07, 6.45) is 4.23. The van der Waals surface area contributed by atoms with Gasteiger partial charge in [-0.05, 0) is 40.9 Å². The molecule has 0 spiro atoms. The summed E-state index contributed by atoms with van der Waals surface area (Å²) in [5.41, 5.74) is 1.79. The van der Waals surface area contributed by atoms with Gasteiger partial charge in [0.05, 0.1) is 0 Å². The second-order valence-electron chi connectivity index (χ2n) is 7.31. The van der Waals surface area contributed by atoms with Crippen LogP contribution in [0.15, 0.2) is 0 Å². The molecule has 2 fully saturated rings. The standard InChI is InChI=1S/C14H26/c1-7-12(2,3)9-13(4,5)14(6)10-8-11(10)14/h10-11H,7-9H2,1-6H3. The Morgan fingerprint density at radius 3 is 1.93 bits per heavy atom. The highest BCUT2D eigenvalue weighted by molar-refractivity contribution is 5.25. The molecule has 0 aliphatic heterocycles. The molecule has 2 rings (SSSR count). The molecule has 0 nitrogen and oxygen atoms in total. The molecule has 2 saturated carbocycles. The van der Waals surface area contributed by atoms with Gasteiger partial charge in [-0.1, -0.05) is 48.0 Å². The molecule has 14 heavy (non-hydrogen) atoms. The lowest BCUT2D eigenvalue weighted by atomic mass is 9.63. The highest BCUT2D eigenvalue weighted by Crippen LogP contribution is 2.84. The fraction of sp³-hybridized carbons (Fsp3) is 1.00.